The van der Waals surface area contributed by atoms with Gasteiger partial charge in [-0.2, -0.15) is 0 Å². The fourth-order valence-corrected chi connectivity index (χ4v) is 3.39. The van der Waals surface area contributed by atoms with Gasteiger partial charge < -0.3 is 10.6 Å². The van der Waals surface area contributed by atoms with Gasteiger partial charge in [0.2, 0.25) is 0 Å². The number of carbonyl (C=O) groups excluding carboxylic acids is 4. The molecule has 8 nitrogen and oxygen atoms in total. The van der Waals surface area contributed by atoms with Crippen molar-refractivity contribution in [3.8, 4) is 0 Å². The van der Waals surface area contributed by atoms with Crippen molar-refractivity contribution in [2.24, 2.45) is 0 Å². The first-order valence-electron chi connectivity index (χ1n) is 8.87. The lowest BCUT2D eigenvalue weighted by Gasteiger charge is -2.27. The Hall–Kier alpha value is -2.97. The van der Waals surface area contributed by atoms with Crippen LogP contribution < -0.4 is 10.6 Å². The number of urea groups is 2. The molecule has 1 aromatic rings. The number of imide groups is 2. The van der Waals surface area contributed by atoms with Crippen LogP contribution in [0.1, 0.15) is 31.7 Å². The molecule has 2 N–H and O–H groups in total. The van der Waals surface area contributed by atoms with E-state index in [0.717, 1.165) is 16.2 Å². The van der Waals surface area contributed by atoms with Crippen molar-refractivity contribution in [1.29, 1.82) is 0 Å². The lowest BCUT2D eigenvalue weighted by Crippen LogP contribution is -2.46. The molecule has 6 amide bonds. The van der Waals surface area contributed by atoms with E-state index in [1.807, 2.05) is 6.92 Å². The lowest BCUT2D eigenvalue weighted by atomic mass is 9.85. The molecule has 0 unspecified atom stereocenters. The molecule has 0 saturated carbocycles. The van der Waals surface area contributed by atoms with E-state index in [1.54, 1.807) is 0 Å². The third kappa shape index (κ3) is 3.36. The van der Waals surface area contributed by atoms with Crippen LogP contribution in [-0.4, -0.2) is 53.3 Å². The summed E-state index contributed by atoms with van der Waals surface area (Å²) in [5.41, 5.74) is -0.876. The van der Waals surface area contributed by atoms with Gasteiger partial charge in [-0.1, -0.05) is 31.9 Å². The van der Waals surface area contributed by atoms with Gasteiger partial charge in [-0.3, -0.25) is 19.4 Å². The zero-order valence-corrected chi connectivity index (χ0v) is 15.0. The number of nitrogens with one attached hydrogen (secondary N) is 2. The highest BCUT2D eigenvalue weighted by Gasteiger charge is 2.52. The van der Waals surface area contributed by atoms with Gasteiger partial charge in [0.15, 0.2) is 0 Å². The number of hydrogen-bond acceptors (Lipinski definition) is 4. The van der Waals surface area contributed by atoms with Crippen LogP contribution in [-0.2, 0) is 15.1 Å². The van der Waals surface area contributed by atoms with Crippen molar-refractivity contribution in [1.82, 2.24) is 20.4 Å². The van der Waals surface area contributed by atoms with Gasteiger partial charge in [-0.05, 0) is 24.1 Å². The molecule has 9 heteroatoms. The number of hydrogen-bond donors (Lipinski definition) is 2. The molecular weight excluding hydrogens is 355 g/mol. The van der Waals surface area contributed by atoms with Crippen LogP contribution in [0.2, 0.25) is 0 Å². The van der Waals surface area contributed by atoms with Gasteiger partial charge in [0.05, 0.1) is 0 Å². The first kappa shape index (κ1) is 18.8. The second-order valence-electron chi connectivity index (χ2n) is 6.61. The van der Waals surface area contributed by atoms with Gasteiger partial charge in [0.1, 0.15) is 17.9 Å². The molecule has 2 aliphatic heterocycles. The molecule has 2 aliphatic rings. The largest absolute Gasteiger partial charge is 0.336 e. The fourth-order valence-electron chi connectivity index (χ4n) is 3.39. The highest BCUT2D eigenvalue weighted by Crippen LogP contribution is 2.34. The molecule has 0 aromatic heterocycles. The van der Waals surface area contributed by atoms with Crippen LogP contribution in [0, 0.1) is 5.82 Å². The summed E-state index contributed by atoms with van der Waals surface area (Å²) in [7, 11) is 0. The molecule has 144 valence electrons. The van der Waals surface area contributed by atoms with E-state index in [4.69, 9.17) is 0 Å². The first-order chi connectivity index (χ1) is 12.9. The van der Waals surface area contributed by atoms with Gasteiger partial charge in [0.25, 0.3) is 11.8 Å². The van der Waals surface area contributed by atoms with Gasteiger partial charge in [-0.15, -0.1) is 0 Å². The minimum Gasteiger partial charge on any atom is -0.336 e. The van der Waals surface area contributed by atoms with Crippen molar-refractivity contribution in [3.05, 3.63) is 35.6 Å². The zero-order valence-electron chi connectivity index (χ0n) is 15.0. The Balaban J connectivity index is 1.87. The smallest absolute Gasteiger partial charge is 0.325 e. The molecule has 27 heavy (non-hydrogen) atoms. The van der Waals surface area contributed by atoms with Crippen molar-refractivity contribution in [2.75, 3.05) is 19.6 Å². The molecule has 0 radical (unpaired) electrons. The molecule has 2 heterocycles. The second kappa shape index (κ2) is 7.34. The molecule has 1 atom stereocenters. The van der Waals surface area contributed by atoms with E-state index in [0.29, 0.717) is 24.9 Å². The zero-order chi connectivity index (χ0) is 19.6. The average Bonchev–Trinajstić information content (AvgIpc) is 3.17. The van der Waals surface area contributed by atoms with Crippen molar-refractivity contribution in [2.45, 2.75) is 31.7 Å². The second-order valence-corrected chi connectivity index (χ2v) is 6.61. The molecule has 0 spiro atoms. The van der Waals surface area contributed by atoms with Crippen LogP contribution >= 0.6 is 0 Å². The highest BCUT2D eigenvalue weighted by molar-refractivity contribution is 6.10. The lowest BCUT2D eigenvalue weighted by molar-refractivity contribution is -0.137. The van der Waals surface area contributed by atoms with E-state index < -0.39 is 41.8 Å². The van der Waals surface area contributed by atoms with Gasteiger partial charge in [0, 0.05) is 13.1 Å². The van der Waals surface area contributed by atoms with Crippen LogP contribution in [0.4, 0.5) is 14.0 Å². The van der Waals surface area contributed by atoms with Crippen molar-refractivity contribution < 1.29 is 23.6 Å². The summed E-state index contributed by atoms with van der Waals surface area (Å²) in [6, 6.07) is 4.14. The molecule has 0 bridgehead atoms. The number of nitrogens with zero attached hydrogens (tertiary/aromatic N) is 2. The van der Waals surface area contributed by atoms with Crippen LogP contribution in [0.25, 0.3) is 0 Å². The summed E-state index contributed by atoms with van der Waals surface area (Å²) < 4.78 is 13.3. The number of rotatable bonds is 6. The maximum absolute atomic E-state index is 13.3. The SMILES string of the molecule is CCCC[C@]1(c2ccc(F)cc2)NC(=O)N(CC(=O)N2CCNC2=O)C1=O. The van der Waals surface area contributed by atoms with E-state index in [9.17, 15) is 23.6 Å². The summed E-state index contributed by atoms with van der Waals surface area (Å²) in [5, 5.41) is 5.19. The maximum Gasteiger partial charge on any atom is 0.325 e. The fraction of sp³-hybridized carbons (Fsp3) is 0.444. The summed E-state index contributed by atoms with van der Waals surface area (Å²) >= 11 is 0. The first-order valence-corrected chi connectivity index (χ1v) is 8.87. The van der Waals surface area contributed by atoms with Crippen LogP contribution in [0.15, 0.2) is 24.3 Å². The Bertz CT molecular complexity index is 782. The van der Waals surface area contributed by atoms with E-state index in [2.05, 4.69) is 10.6 Å². The van der Waals surface area contributed by atoms with Crippen molar-refractivity contribution >= 4 is 23.9 Å². The Kier molecular flexibility index (Phi) is 5.11. The van der Waals surface area contributed by atoms with Crippen LogP contribution in [0.3, 0.4) is 0 Å². The number of amides is 6. The minimum absolute atomic E-state index is 0.195. The topological polar surface area (TPSA) is 98.8 Å². The molecule has 3 rings (SSSR count). The predicted molar refractivity (Wildman–Crippen MR) is 93.0 cm³/mol. The maximum atomic E-state index is 13.3. The molecule has 2 fully saturated rings. The van der Waals surface area contributed by atoms with E-state index in [1.165, 1.54) is 24.3 Å². The normalized spacial score (nSPS) is 22.2. The molecular formula is C18H21FN4O4. The average molecular weight is 376 g/mol. The molecule has 0 aliphatic carbocycles. The third-order valence-electron chi connectivity index (χ3n) is 4.87. The van der Waals surface area contributed by atoms with Gasteiger partial charge >= 0.3 is 12.1 Å². The molecule has 2 saturated heterocycles. The molecule has 1 aromatic carbocycles. The van der Waals surface area contributed by atoms with E-state index >= 15 is 0 Å². The van der Waals surface area contributed by atoms with Crippen molar-refractivity contribution in [3.63, 3.8) is 0 Å². The van der Waals surface area contributed by atoms with E-state index in [-0.39, 0.29) is 6.54 Å². The summed E-state index contributed by atoms with van der Waals surface area (Å²) in [6.45, 7) is 1.96. The van der Waals surface area contributed by atoms with Crippen LogP contribution in [0.5, 0.6) is 0 Å². The third-order valence-corrected chi connectivity index (χ3v) is 4.87. The summed E-state index contributed by atoms with van der Waals surface area (Å²) in [4.78, 5) is 51.4. The number of carbonyl (C=O) groups is 4. The number of halogens is 1. The Morgan fingerprint density at radius 2 is 1.89 bits per heavy atom. The Labute approximate surface area is 155 Å². The quantitative estimate of drug-likeness (QED) is 0.732. The summed E-state index contributed by atoms with van der Waals surface area (Å²) in [6.07, 6.45) is 1.77. The Morgan fingerprint density at radius 3 is 2.48 bits per heavy atom. The standard InChI is InChI=1S/C18H21FN4O4/c1-2-3-8-18(12-4-6-13(19)7-5-12)15(25)23(17(27)21-18)11-14(24)22-10-9-20-16(22)26/h4-7H,2-3,8-11H2,1H3,(H,20,26)(H,21,27)/t18-/m1/s1. The number of benzene rings is 1. The predicted octanol–water partition coefficient (Wildman–Crippen LogP) is 1.31. The highest BCUT2D eigenvalue weighted by atomic mass is 19.1. The summed E-state index contributed by atoms with van der Waals surface area (Å²) in [5.74, 6) is -1.65. The minimum atomic E-state index is -1.34. The number of unbranched alkanes of at least 4 members (excludes halogenated alkanes) is 1. The monoisotopic (exact) mass is 376 g/mol. The van der Waals surface area contributed by atoms with Gasteiger partial charge in [-0.25, -0.2) is 14.0 Å². The Morgan fingerprint density at radius 1 is 1.19 bits per heavy atom.